The molecule has 7 nitrogen and oxygen atoms in total. The van der Waals surface area contributed by atoms with Gasteiger partial charge in [0, 0.05) is 28.9 Å². The highest BCUT2D eigenvalue weighted by Crippen LogP contribution is 2.22. The van der Waals surface area contributed by atoms with Crippen LogP contribution in [-0.2, 0) is 19.1 Å². The molecule has 0 saturated carbocycles. The lowest BCUT2D eigenvalue weighted by Gasteiger charge is -2.08. The van der Waals surface area contributed by atoms with Crippen molar-refractivity contribution < 1.29 is 23.9 Å². The topological polar surface area (TPSA) is 93.7 Å². The van der Waals surface area contributed by atoms with Crippen LogP contribution in [0.5, 0.6) is 5.75 Å². The van der Waals surface area contributed by atoms with Crippen molar-refractivity contribution in [2.24, 2.45) is 0 Å². The molecule has 0 radical (unpaired) electrons. The van der Waals surface area contributed by atoms with Crippen molar-refractivity contribution in [3.63, 3.8) is 0 Å². The fourth-order valence-electron chi connectivity index (χ4n) is 2.18. The van der Waals surface area contributed by atoms with Crippen molar-refractivity contribution in [3.8, 4) is 5.75 Å². The number of methoxy groups -OCH3 is 1. The Morgan fingerprint density at radius 2 is 1.54 bits per heavy atom. The van der Waals surface area contributed by atoms with Gasteiger partial charge in [-0.1, -0.05) is 0 Å². The number of hydrogen-bond donors (Lipinski definition) is 2. The van der Waals surface area contributed by atoms with Gasteiger partial charge in [-0.25, -0.2) is 0 Å². The zero-order chi connectivity index (χ0) is 20.4. The van der Waals surface area contributed by atoms with E-state index in [4.69, 9.17) is 9.47 Å². The quantitative estimate of drug-likeness (QED) is 0.494. The number of benzene rings is 2. The summed E-state index contributed by atoms with van der Waals surface area (Å²) in [6, 6.07) is 14.2. The molecule has 0 aliphatic carbocycles. The van der Waals surface area contributed by atoms with Gasteiger partial charge in [-0.3, -0.25) is 14.4 Å². The van der Waals surface area contributed by atoms with E-state index in [1.807, 2.05) is 24.3 Å². The number of anilines is 2. The molecule has 0 aliphatic rings. The van der Waals surface area contributed by atoms with Gasteiger partial charge in [0.25, 0.3) is 5.91 Å². The van der Waals surface area contributed by atoms with Crippen molar-refractivity contribution >= 4 is 40.9 Å². The molecule has 0 aromatic heterocycles. The average molecular weight is 402 g/mol. The minimum Gasteiger partial charge on any atom is -0.497 e. The Balaban J connectivity index is 1.65. The van der Waals surface area contributed by atoms with E-state index in [0.29, 0.717) is 17.1 Å². The molecule has 0 fully saturated rings. The largest absolute Gasteiger partial charge is 0.497 e. The van der Waals surface area contributed by atoms with E-state index < -0.39 is 11.9 Å². The Morgan fingerprint density at radius 1 is 0.929 bits per heavy atom. The van der Waals surface area contributed by atoms with E-state index in [2.05, 4.69) is 10.6 Å². The van der Waals surface area contributed by atoms with Gasteiger partial charge >= 0.3 is 5.97 Å². The first-order valence-corrected chi connectivity index (χ1v) is 9.55. The Labute approximate surface area is 167 Å². The second kappa shape index (κ2) is 11.0. The van der Waals surface area contributed by atoms with Crippen molar-refractivity contribution in [1.82, 2.24) is 0 Å². The van der Waals surface area contributed by atoms with Gasteiger partial charge in [-0.2, -0.15) is 0 Å². The third-order valence-electron chi connectivity index (χ3n) is 3.49. The van der Waals surface area contributed by atoms with Crippen molar-refractivity contribution in [1.29, 1.82) is 0 Å². The van der Waals surface area contributed by atoms with E-state index in [1.165, 1.54) is 18.7 Å². The highest BCUT2D eigenvalue weighted by molar-refractivity contribution is 7.99. The number of thioether (sulfide) groups is 1. The minimum atomic E-state index is -0.433. The van der Waals surface area contributed by atoms with Crippen LogP contribution in [0.1, 0.15) is 13.3 Å². The second-order valence-corrected chi connectivity index (χ2v) is 6.91. The molecule has 0 unspecified atom stereocenters. The number of carbonyl (C=O) groups is 3. The summed E-state index contributed by atoms with van der Waals surface area (Å²) in [5, 5.41) is 5.26. The molecule has 0 atom stereocenters. The van der Waals surface area contributed by atoms with Crippen molar-refractivity contribution in [3.05, 3.63) is 48.5 Å². The third kappa shape index (κ3) is 7.71. The average Bonchev–Trinajstić information content (AvgIpc) is 2.68. The van der Waals surface area contributed by atoms with Crippen LogP contribution in [0, 0.1) is 0 Å². The maximum atomic E-state index is 11.9. The van der Waals surface area contributed by atoms with Crippen LogP contribution in [0.3, 0.4) is 0 Å². The van der Waals surface area contributed by atoms with Crippen LogP contribution >= 0.6 is 11.8 Å². The number of amides is 2. The second-order valence-electron chi connectivity index (χ2n) is 5.74. The highest BCUT2D eigenvalue weighted by atomic mass is 32.2. The number of carbonyl (C=O) groups excluding carboxylic acids is 3. The maximum absolute atomic E-state index is 11.9. The molecule has 28 heavy (non-hydrogen) atoms. The molecular formula is C20H22N2O5S. The number of ether oxygens (including phenoxy) is 2. The zero-order valence-corrected chi connectivity index (χ0v) is 16.5. The van der Waals surface area contributed by atoms with Crippen LogP contribution in [0.4, 0.5) is 11.4 Å². The van der Waals surface area contributed by atoms with Gasteiger partial charge in [0.2, 0.25) is 5.91 Å². The molecule has 0 aliphatic heterocycles. The zero-order valence-electron chi connectivity index (χ0n) is 15.7. The lowest BCUT2D eigenvalue weighted by Crippen LogP contribution is -2.21. The van der Waals surface area contributed by atoms with Gasteiger partial charge in [0.15, 0.2) is 6.61 Å². The molecule has 2 N–H and O–H groups in total. The van der Waals surface area contributed by atoms with Crippen molar-refractivity contribution in [2.45, 2.75) is 18.2 Å². The Hall–Kier alpha value is -3.00. The SMILES string of the molecule is COc1ccc(SCCC(=O)OCC(=O)Nc2ccc(NC(C)=O)cc2)cc1. The monoisotopic (exact) mass is 402 g/mol. The minimum absolute atomic E-state index is 0.172. The first kappa shape index (κ1) is 21.3. The van der Waals surface area contributed by atoms with Gasteiger partial charge in [-0.05, 0) is 48.5 Å². The van der Waals surface area contributed by atoms with Gasteiger partial charge in [-0.15, -0.1) is 11.8 Å². The van der Waals surface area contributed by atoms with Crippen molar-refractivity contribution in [2.75, 3.05) is 30.1 Å². The third-order valence-corrected chi connectivity index (χ3v) is 4.50. The van der Waals surface area contributed by atoms with Crippen LogP contribution in [0.25, 0.3) is 0 Å². The fraction of sp³-hybridized carbons (Fsp3) is 0.250. The molecule has 2 amide bonds. The van der Waals surface area contributed by atoms with Gasteiger partial charge < -0.3 is 20.1 Å². The highest BCUT2D eigenvalue weighted by Gasteiger charge is 2.08. The Bertz CT molecular complexity index is 806. The Kier molecular flexibility index (Phi) is 8.36. The predicted molar refractivity (Wildman–Crippen MR) is 109 cm³/mol. The summed E-state index contributed by atoms with van der Waals surface area (Å²) < 4.78 is 10.1. The van der Waals surface area contributed by atoms with Crippen LogP contribution in [0.15, 0.2) is 53.4 Å². The van der Waals surface area contributed by atoms with E-state index in [0.717, 1.165) is 10.6 Å². The first-order chi connectivity index (χ1) is 13.5. The summed E-state index contributed by atoms with van der Waals surface area (Å²) in [7, 11) is 1.61. The van der Waals surface area contributed by atoms with E-state index >= 15 is 0 Å². The number of rotatable bonds is 9. The molecule has 0 saturated heterocycles. The standard InChI is InChI=1S/C20H22N2O5S/c1-14(23)21-15-3-5-16(6-4-15)22-19(24)13-27-20(25)11-12-28-18-9-7-17(26-2)8-10-18/h3-10H,11-13H2,1-2H3,(H,21,23)(H,22,24). The smallest absolute Gasteiger partial charge is 0.307 e. The van der Waals surface area contributed by atoms with Gasteiger partial charge in [0.05, 0.1) is 13.5 Å². The first-order valence-electron chi connectivity index (χ1n) is 8.56. The summed E-state index contributed by atoms with van der Waals surface area (Å²) in [6.45, 7) is 1.07. The molecule has 2 aromatic rings. The maximum Gasteiger partial charge on any atom is 0.307 e. The normalized spacial score (nSPS) is 10.1. The van der Waals surface area contributed by atoms with Crippen LogP contribution in [0.2, 0.25) is 0 Å². The van der Waals surface area contributed by atoms with Crippen LogP contribution in [-0.4, -0.2) is 37.3 Å². The number of esters is 1. The van der Waals surface area contributed by atoms with Crippen LogP contribution < -0.4 is 15.4 Å². The number of nitrogens with one attached hydrogen (secondary N) is 2. The summed E-state index contributed by atoms with van der Waals surface area (Å²) >= 11 is 1.52. The van der Waals surface area contributed by atoms with E-state index in [-0.39, 0.29) is 18.9 Å². The van der Waals surface area contributed by atoms with E-state index in [9.17, 15) is 14.4 Å². The van der Waals surface area contributed by atoms with E-state index in [1.54, 1.807) is 31.4 Å². The summed E-state index contributed by atoms with van der Waals surface area (Å²) in [5.41, 5.74) is 1.18. The van der Waals surface area contributed by atoms with Gasteiger partial charge in [0.1, 0.15) is 5.75 Å². The fourth-order valence-corrected chi connectivity index (χ4v) is 3.01. The number of hydrogen-bond acceptors (Lipinski definition) is 6. The molecule has 148 valence electrons. The summed E-state index contributed by atoms with van der Waals surface area (Å²) in [6.07, 6.45) is 0.204. The molecule has 2 rings (SSSR count). The molecule has 8 heteroatoms. The molecule has 0 spiro atoms. The summed E-state index contributed by atoms with van der Waals surface area (Å²) in [5.74, 6) is 0.297. The molecular weight excluding hydrogens is 380 g/mol. The summed E-state index contributed by atoms with van der Waals surface area (Å²) in [4.78, 5) is 35.6. The lowest BCUT2D eigenvalue weighted by molar-refractivity contribution is -0.146. The molecule has 2 aromatic carbocycles. The Morgan fingerprint density at radius 3 is 2.11 bits per heavy atom. The molecule has 0 heterocycles. The lowest BCUT2D eigenvalue weighted by atomic mass is 10.2. The molecule has 0 bridgehead atoms. The predicted octanol–water partition coefficient (Wildman–Crippen LogP) is 3.32.